The Hall–Kier alpha value is -3.81. The number of ether oxygens (including phenoxy) is 1. The minimum Gasteiger partial charge on any atom is -0.453 e. The molecule has 3 N–H and O–H groups in total. The number of aryl methyl sites for hydroxylation is 2. The standard InChI is InChI=1S/C21H23N5O3/c1-14-11-15(2)26(25-14)19-6-4-5-18(12-19)23-20(27)22-13-16-7-9-17(10-8-16)24-21(28)29-3/h4-12H,13H2,1-3H3,(H,24,28)(H2,22,23,27). The van der Waals surface area contributed by atoms with Gasteiger partial charge >= 0.3 is 12.1 Å². The molecule has 150 valence electrons. The molecule has 0 unspecified atom stereocenters. The van der Waals surface area contributed by atoms with Crippen LogP contribution < -0.4 is 16.0 Å². The van der Waals surface area contributed by atoms with Crippen LogP contribution in [0.1, 0.15) is 17.0 Å². The number of anilines is 2. The van der Waals surface area contributed by atoms with Crippen LogP contribution in [-0.2, 0) is 11.3 Å². The summed E-state index contributed by atoms with van der Waals surface area (Å²) in [6, 6.07) is 16.3. The lowest BCUT2D eigenvalue weighted by Crippen LogP contribution is -2.28. The van der Waals surface area contributed by atoms with E-state index >= 15 is 0 Å². The van der Waals surface area contributed by atoms with Crippen molar-refractivity contribution in [1.29, 1.82) is 0 Å². The minimum atomic E-state index is -0.530. The molecule has 1 heterocycles. The quantitative estimate of drug-likeness (QED) is 0.611. The van der Waals surface area contributed by atoms with Gasteiger partial charge in [0.2, 0.25) is 0 Å². The number of hydrogen-bond donors (Lipinski definition) is 3. The number of urea groups is 1. The highest BCUT2D eigenvalue weighted by molar-refractivity contribution is 5.89. The number of benzene rings is 2. The molecule has 0 saturated heterocycles. The predicted molar refractivity (Wildman–Crippen MR) is 111 cm³/mol. The number of hydrogen-bond acceptors (Lipinski definition) is 4. The van der Waals surface area contributed by atoms with Gasteiger partial charge in [0, 0.05) is 23.6 Å². The summed E-state index contributed by atoms with van der Waals surface area (Å²) in [6.07, 6.45) is -0.530. The predicted octanol–water partition coefficient (Wildman–Crippen LogP) is 3.99. The Morgan fingerprint density at radius 1 is 1.00 bits per heavy atom. The van der Waals surface area contributed by atoms with Crippen molar-refractivity contribution < 1.29 is 14.3 Å². The minimum absolute atomic E-state index is 0.313. The van der Waals surface area contributed by atoms with E-state index in [1.807, 2.05) is 61.0 Å². The first-order chi connectivity index (χ1) is 13.9. The summed E-state index contributed by atoms with van der Waals surface area (Å²) in [4.78, 5) is 23.4. The van der Waals surface area contributed by atoms with Crippen LogP contribution in [0.2, 0.25) is 0 Å². The molecule has 1 aromatic heterocycles. The first kappa shape index (κ1) is 19.9. The van der Waals surface area contributed by atoms with E-state index in [9.17, 15) is 9.59 Å². The number of carbonyl (C=O) groups excluding carboxylic acids is 2. The van der Waals surface area contributed by atoms with Crippen LogP contribution in [0, 0.1) is 13.8 Å². The average molecular weight is 393 g/mol. The number of rotatable bonds is 5. The Bertz CT molecular complexity index is 1010. The lowest BCUT2D eigenvalue weighted by atomic mass is 10.2. The Labute approximate surface area is 168 Å². The van der Waals surface area contributed by atoms with Gasteiger partial charge in [0.1, 0.15) is 0 Å². The van der Waals surface area contributed by atoms with Crippen molar-refractivity contribution in [2.24, 2.45) is 0 Å². The van der Waals surface area contributed by atoms with Gasteiger partial charge in [-0.15, -0.1) is 0 Å². The van der Waals surface area contributed by atoms with Gasteiger partial charge in [-0.05, 0) is 55.8 Å². The summed E-state index contributed by atoms with van der Waals surface area (Å²) < 4.78 is 6.38. The van der Waals surface area contributed by atoms with E-state index in [1.165, 1.54) is 7.11 Å². The second kappa shape index (κ2) is 8.92. The van der Waals surface area contributed by atoms with Crippen molar-refractivity contribution in [2.45, 2.75) is 20.4 Å². The van der Waals surface area contributed by atoms with Crippen molar-refractivity contribution >= 4 is 23.5 Å². The Balaban J connectivity index is 1.56. The average Bonchev–Trinajstić information content (AvgIpc) is 3.05. The zero-order chi connectivity index (χ0) is 20.8. The van der Waals surface area contributed by atoms with Crippen molar-refractivity contribution in [2.75, 3.05) is 17.7 Å². The number of nitrogens with zero attached hydrogens (tertiary/aromatic N) is 2. The van der Waals surface area contributed by atoms with Crippen molar-refractivity contribution in [3.63, 3.8) is 0 Å². The zero-order valence-corrected chi connectivity index (χ0v) is 16.5. The SMILES string of the molecule is COC(=O)Nc1ccc(CNC(=O)Nc2cccc(-n3nc(C)cc3C)c2)cc1. The third-order valence-electron chi connectivity index (χ3n) is 4.20. The van der Waals surface area contributed by atoms with Crippen LogP contribution in [-0.4, -0.2) is 29.0 Å². The fraction of sp³-hybridized carbons (Fsp3) is 0.190. The molecule has 0 aliphatic heterocycles. The highest BCUT2D eigenvalue weighted by Crippen LogP contribution is 2.17. The molecule has 0 aliphatic rings. The highest BCUT2D eigenvalue weighted by atomic mass is 16.5. The van der Waals surface area contributed by atoms with E-state index in [4.69, 9.17) is 0 Å². The Morgan fingerprint density at radius 2 is 1.76 bits per heavy atom. The number of carbonyl (C=O) groups is 2. The van der Waals surface area contributed by atoms with Gasteiger partial charge in [0.15, 0.2) is 0 Å². The van der Waals surface area contributed by atoms with Gasteiger partial charge in [0.25, 0.3) is 0 Å². The van der Waals surface area contributed by atoms with Gasteiger partial charge in [-0.1, -0.05) is 18.2 Å². The van der Waals surface area contributed by atoms with Crippen molar-refractivity contribution in [3.05, 3.63) is 71.5 Å². The molecule has 8 nitrogen and oxygen atoms in total. The second-order valence-corrected chi connectivity index (χ2v) is 6.51. The second-order valence-electron chi connectivity index (χ2n) is 6.51. The maximum absolute atomic E-state index is 12.2. The first-order valence-corrected chi connectivity index (χ1v) is 9.07. The van der Waals surface area contributed by atoms with Crippen LogP contribution in [0.5, 0.6) is 0 Å². The molecule has 8 heteroatoms. The maximum atomic E-state index is 12.2. The normalized spacial score (nSPS) is 10.3. The third-order valence-corrected chi connectivity index (χ3v) is 4.20. The molecule has 0 bridgehead atoms. The van der Waals surface area contributed by atoms with E-state index < -0.39 is 6.09 Å². The Morgan fingerprint density at radius 3 is 2.41 bits per heavy atom. The van der Waals surface area contributed by atoms with Crippen molar-refractivity contribution in [1.82, 2.24) is 15.1 Å². The zero-order valence-electron chi connectivity index (χ0n) is 16.5. The molecule has 0 saturated carbocycles. The van der Waals surface area contributed by atoms with E-state index in [0.29, 0.717) is 17.9 Å². The van der Waals surface area contributed by atoms with Crippen LogP contribution >= 0.6 is 0 Å². The fourth-order valence-electron chi connectivity index (χ4n) is 2.84. The van der Waals surface area contributed by atoms with E-state index in [2.05, 4.69) is 25.8 Å². The number of methoxy groups -OCH3 is 1. The molecular formula is C21H23N5O3. The molecule has 0 radical (unpaired) electrons. The Kier molecular flexibility index (Phi) is 6.13. The maximum Gasteiger partial charge on any atom is 0.411 e. The summed E-state index contributed by atoms with van der Waals surface area (Å²) in [5.74, 6) is 0. The molecule has 29 heavy (non-hydrogen) atoms. The van der Waals surface area contributed by atoms with Crippen LogP contribution in [0.3, 0.4) is 0 Å². The van der Waals surface area contributed by atoms with Crippen molar-refractivity contribution in [3.8, 4) is 5.69 Å². The smallest absolute Gasteiger partial charge is 0.411 e. The van der Waals surface area contributed by atoms with E-state index in [1.54, 1.807) is 12.1 Å². The summed E-state index contributed by atoms with van der Waals surface area (Å²) in [5.41, 5.74) is 5.02. The number of amides is 3. The molecular weight excluding hydrogens is 370 g/mol. The van der Waals surface area contributed by atoms with Gasteiger partial charge < -0.3 is 15.4 Å². The molecule has 2 aromatic carbocycles. The fourth-order valence-corrected chi connectivity index (χ4v) is 2.84. The monoisotopic (exact) mass is 393 g/mol. The lowest BCUT2D eigenvalue weighted by Gasteiger charge is -2.10. The third kappa shape index (κ3) is 5.35. The number of nitrogens with one attached hydrogen (secondary N) is 3. The molecule has 3 rings (SSSR count). The van der Waals surface area contributed by atoms with E-state index in [-0.39, 0.29) is 6.03 Å². The lowest BCUT2D eigenvalue weighted by molar-refractivity contribution is 0.187. The molecule has 0 fully saturated rings. The van der Waals surface area contributed by atoms with E-state index in [0.717, 1.165) is 22.6 Å². The molecule has 3 amide bonds. The summed E-state index contributed by atoms with van der Waals surface area (Å²) in [6.45, 7) is 4.28. The van der Waals surface area contributed by atoms with Gasteiger partial charge in [-0.3, -0.25) is 5.32 Å². The van der Waals surface area contributed by atoms with Gasteiger partial charge in [0.05, 0.1) is 18.5 Å². The van der Waals surface area contributed by atoms with Crippen LogP contribution in [0.15, 0.2) is 54.6 Å². The molecule has 3 aromatic rings. The summed E-state index contributed by atoms with van der Waals surface area (Å²) in [5, 5.41) is 12.7. The summed E-state index contributed by atoms with van der Waals surface area (Å²) >= 11 is 0. The van der Waals surface area contributed by atoms with Gasteiger partial charge in [-0.2, -0.15) is 5.10 Å². The highest BCUT2D eigenvalue weighted by Gasteiger charge is 2.07. The number of aromatic nitrogens is 2. The molecule has 0 aliphatic carbocycles. The van der Waals surface area contributed by atoms with Gasteiger partial charge in [-0.25, -0.2) is 14.3 Å². The first-order valence-electron chi connectivity index (χ1n) is 9.07. The van der Waals surface area contributed by atoms with Crippen LogP contribution in [0.25, 0.3) is 5.69 Å². The summed E-state index contributed by atoms with van der Waals surface area (Å²) in [7, 11) is 1.30. The van der Waals surface area contributed by atoms with Crippen LogP contribution in [0.4, 0.5) is 21.0 Å². The largest absolute Gasteiger partial charge is 0.453 e. The molecule has 0 spiro atoms. The molecule has 0 atom stereocenters. The topological polar surface area (TPSA) is 97.3 Å².